The third-order valence-corrected chi connectivity index (χ3v) is 4.75. The first-order valence-electron chi connectivity index (χ1n) is 8.17. The van der Waals surface area contributed by atoms with Crippen LogP contribution in [0.15, 0.2) is 42.5 Å². The number of halogens is 1. The fourth-order valence-electron chi connectivity index (χ4n) is 2.49. The molecule has 0 atom stereocenters. The van der Waals surface area contributed by atoms with E-state index >= 15 is 0 Å². The highest BCUT2D eigenvalue weighted by atomic mass is 32.1. The second-order valence-corrected chi connectivity index (χ2v) is 6.85. The lowest BCUT2D eigenvalue weighted by Crippen LogP contribution is -2.37. The van der Waals surface area contributed by atoms with Gasteiger partial charge in [0.1, 0.15) is 10.8 Å². The van der Waals surface area contributed by atoms with Crippen LogP contribution in [0.3, 0.4) is 0 Å². The predicted molar refractivity (Wildman–Crippen MR) is 104 cm³/mol. The number of benzene rings is 2. The first-order valence-corrected chi connectivity index (χ1v) is 8.99. The van der Waals surface area contributed by atoms with E-state index in [0.717, 1.165) is 21.3 Å². The molecule has 0 bridgehead atoms. The standard InChI is InChI=1S/C20H16FN3O2S/c1-2-8-22-19(26)12-23-18(25)11-20-24-16-7-6-14(10-17(16)27-20)13-4-3-5-15(21)9-13/h1,3-7,9-10H,8,11-12H2,(H,22,26)(H,23,25). The molecule has 1 aromatic heterocycles. The summed E-state index contributed by atoms with van der Waals surface area (Å²) in [5, 5.41) is 5.64. The van der Waals surface area contributed by atoms with E-state index in [0.29, 0.717) is 5.01 Å². The molecular weight excluding hydrogens is 365 g/mol. The Bertz CT molecular complexity index is 1040. The number of fused-ring (bicyclic) bond motifs is 1. The Hall–Kier alpha value is -3.24. The van der Waals surface area contributed by atoms with Crippen molar-refractivity contribution >= 4 is 33.4 Å². The van der Waals surface area contributed by atoms with Crippen molar-refractivity contribution in [3.05, 3.63) is 53.3 Å². The van der Waals surface area contributed by atoms with Gasteiger partial charge in [-0.15, -0.1) is 17.8 Å². The molecule has 3 aromatic rings. The summed E-state index contributed by atoms with van der Waals surface area (Å²) < 4.78 is 14.3. The molecule has 136 valence electrons. The molecule has 0 unspecified atom stereocenters. The smallest absolute Gasteiger partial charge is 0.240 e. The average molecular weight is 381 g/mol. The molecule has 2 amide bonds. The molecule has 0 aliphatic rings. The summed E-state index contributed by atoms with van der Waals surface area (Å²) in [5.74, 6) is 1.36. The lowest BCUT2D eigenvalue weighted by molar-refractivity contribution is -0.125. The zero-order valence-corrected chi connectivity index (χ0v) is 15.1. The van der Waals surface area contributed by atoms with Crippen molar-refractivity contribution in [2.75, 3.05) is 13.1 Å². The topological polar surface area (TPSA) is 71.1 Å². The number of aromatic nitrogens is 1. The zero-order chi connectivity index (χ0) is 19.2. The minimum Gasteiger partial charge on any atom is -0.347 e. The van der Waals surface area contributed by atoms with Gasteiger partial charge in [0.2, 0.25) is 11.8 Å². The largest absolute Gasteiger partial charge is 0.347 e. The summed E-state index contributed by atoms with van der Waals surface area (Å²) in [6.07, 6.45) is 5.13. The lowest BCUT2D eigenvalue weighted by Gasteiger charge is -2.03. The molecule has 3 rings (SSSR count). The van der Waals surface area contributed by atoms with Crippen molar-refractivity contribution in [2.45, 2.75) is 6.42 Å². The molecule has 0 radical (unpaired) electrons. The Labute approximate surface area is 159 Å². The van der Waals surface area contributed by atoms with E-state index in [1.807, 2.05) is 24.3 Å². The van der Waals surface area contributed by atoms with Crippen molar-refractivity contribution in [1.82, 2.24) is 15.6 Å². The van der Waals surface area contributed by atoms with Gasteiger partial charge in [0.15, 0.2) is 0 Å². The second-order valence-electron chi connectivity index (χ2n) is 5.73. The summed E-state index contributed by atoms with van der Waals surface area (Å²) in [5.41, 5.74) is 2.43. The van der Waals surface area contributed by atoms with Gasteiger partial charge in [-0.2, -0.15) is 0 Å². The Kier molecular flexibility index (Phi) is 5.79. The molecule has 0 saturated heterocycles. The molecule has 0 aliphatic heterocycles. The molecule has 0 spiro atoms. The number of carbonyl (C=O) groups is 2. The highest BCUT2D eigenvalue weighted by molar-refractivity contribution is 7.18. The number of nitrogens with one attached hydrogen (secondary N) is 2. The van der Waals surface area contributed by atoms with Crippen LogP contribution >= 0.6 is 11.3 Å². The van der Waals surface area contributed by atoms with Crippen LogP contribution in [0.1, 0.15) is 5.01 Å². The molecular formula is C20H16FN3O2S. The van der Waals surface area contributed by atoms with E-state index in [4.69, 9.17) is 6.42 Å². The Balaban J connectivity index is 1.67. The van der Waals surface area contributed by atoms with Crippen LogP contribution in [0, 0.1) is 18.2 Å². The van der Waals surface area contributed by atoms with Gasteiger partial charge in [-0.1, -0.05) is 24.1 Å². The summed E-state index contributed by atoms with van der Waals surface area (Å²) >= 11 is 1.39. The number of terminal acetylenes is 1. The fourth-order valence-corrected chi connectivity index (χ4v) is 3.49. The molecule has 2 aromatic carbocycles. The zero-order valence-electron chi connectivity index (χ0n) is 14.3. The van der Waals surface area contributed by atoms with Crippen LogP contribution in [0.2, 0.25) is 0 Å². The van der Waals surface area contributed by atoms with Crippen molar-refractivity contribution < 1.29 is 14.0 Å². The molecule has 7 heteroatoms. The third kappa shape index (κ3) is 4.90. The van der Waals surface area contributed by atoms with Gasteiger partial charge in [0, 0.05) is 0 Å². The van der Waals surface area contributed by atoms with Crippen molar-refractivity contribution in [3.63, 3.8) is 0 Å². The van der Waals surface area contributed by atoms with E-state index in [2.05, 4.69) is 21.5 Å². The molecule has 27 heavy (non-hydrogen) atoms. The third-order valence-electron chi connectivity index (χ3n) is 3.74. The van der Waals surface area contributed by atoms with Crippen molar-refractivity contribution in [3.8, 4) is 23.5 Å². The SMILES string of the molecule is C#CCNC(=O)CNC(=O)Cc1nc2ccc(-c3cccc(F)c3)cc2s1. The van der Waals surface area contributed by atoms with Crippen molar-refractivity contribution in [1.29, 1.82) is 0 Å². The number of carbonyl (C=O) groups excluding carboxylic acids is 2. The van der Waals surface area contributed by atoms with E-state index in [-0.39, 0.29) is 37.1 Å². The maximum absolute atomic E-state index is 13.4. The van der Waals surface area contributed by atoms with Gasteiger partial charge >= 0.3 is 0 Å². The van der Waals surface area contributed by atoms with Crippen LogP contribution < -0.4 is 10.6 Å². The van der Waals surface area contributed by atoms with Crippen LogP contribution in [-0.2, 0) is 16.0 Å². The molecule has 0 fully saturated rings. The summed E-state index contributed by atoms with van der Waals surface area (Å²) in [7, 11) is 0. The lowest BCUT2D eigenvalue weighted by atomic mass is 10.1. The molecule has 0 saturated carbocycles. The second kappa shape index (κ2) is 8.43. The molecule has 0 aliphatic carbocycles. The van der Waals surface area contributed by atoms with Crippen LogP contribution in [-0.4, -0.2) is 29.9 Å². The van der Waals surface area contributed by atoms with Crippen molar-refractivity contribution in [2.24, 2.45) is 0 Å². The normalized spacial score (nSPS) is 10.4. The molecule has 2 N–H and O–H groups in total. The van der Waals surface area contributed by atoms with Gasteiger partial charge in [-0.3, -0.25) is 9.59 Å². The molecule has 1 heterocycles. The quantitative estimate of drug-likeness (QED) is 0.645. The minimum atomic E-state index is -0.342. The van der Waals surface area contributed by atoms with Gasteiger partial charge in [-0.05, 0) is 35.4 Å². The van der Waals surface area contributed by atoms with Gasteiger partial charge in [0.05, 0.1) is 29.7 Å². The van der Waals surface area contributed by atoms with Gasteiger partial charge < -0.3 is 10.6 Å². The Morgan fingerprint density at radius 2 is 1.93 bits per heavy atom. The van der Waals surface area contributed by atoms with E-state index in [1.54, 1.807) is 6.07 Å². The number of thiazole rings is 1. The number of hydrogen-bond donors (Lipinski definition) is 2. The maximum atomic E-state index is 13.4. The Morgan fingerprint density at radius 3 is 2.70 bits per heavy atom. The highest BCUT2D eigenvalue weighted by Gasteiger charge is 2.11. The van der Waals surface area contributed by atoms with Gasteiger partial charge in [-0.25, -0.2) is 9.37 Å². The monoisotopic (exact) mass is 381 g/mol. The number of hydrogen-bond acceptors (Lipinski definition) is 4. The van der Waals surface area contributed by atoms with Crippen LogP contribution in [0.25, 0.3) is 21.3 Å². The summed E-state index contributed by atoms with van der Waals surface area (Å²) in [6.45, 7) is -0.00461. The van der Waals surface area contributed by atoms with E-state index < -0.39 is 0 Å². The predicted octanol–water partition coefficient (Wildman–Crippen LogP) is 2.51. The van der Waals surface area contributed by atoms with Gasteiger partial charge in [0.25, 0.3) is 0 Å². The van der Waals surface area contributed by atoms with E-state index in [1.165, 1.54) is 23.5 Å². The Morgan fingerprint density at radius 1 is 1.11 bits per heavy atom. The number of amides is 2. The maximum Gasteiger partial charge on any atom is 0.240 e. The average Bonchev–Trinajstić information content (AvgIpc) is 3.06. The highest BCUT2D eigenvalue weighted by Crippen LogP contribution is 2.28. The summed E-state index contributed by atoms with van der Waals surface area (Å²) in [4.78, 5) is 27.9. The minimum absolute atomic E-state index is 0.0804. The summed E-state index contributed by atoms with van der Waals surface area (Å²) in [6, 6.07) is 12.0. The first-order chi connectivity index (χ1) is 13.0. The molecule has 5 nitrogen and oxygen atoms in total. The van der Waals surface area contributed by atoms with Crippen LogP contribution in [0.4, 0.5) is 4.39 Å². The fraction of sp³-hybridized carbons (Fsp3) is 0.150. The number of nitrogens with zero attached hydrogens (tertiary/aromatic N) is 1. The number of rotatable bonds is 6. The van der Waals surface area contributed by atoms with Crippen LogP contribution in [0.5, 0.6) is 0 Å². The van der Waals surface area contributed by atoms with E-state index in [9.17, 15) is 14.0 Å². The first kappa shape index (κ1) is 18.5.